The van der Waals surface area contributed by atoms with Crippen LogP contribution in [0.3, 0.4) is 0 Å². The Morgan fingerprint density at radius 3 is 2.62 bits per heavy atom. The zero-order chi connectivity index (χ0) is 6.24. The predicted molar refractivity (Wildman–Crippen MR) is 36.4 cm³/mol. The maximum atomic E-state index is 5.14. The average Bonchev–Trinajstić information content (AvgIpc) is 1.81. The standard InChI is InChI=1S/C7H13N/c1-2-3-4-5-6-7-8/h2-4,7-8H2,1H3. The van der Waals surface area contributed by atoms with E-state index in [0.717, 1.165) is 6.42 Å². The van der Waals surface area contributed by atoms with Crippen molar-refractivity contribution >= 4 is 0 Å². The Hall–Kier alpha value is -0.480. The molecule has 0 aromatic heterocycles. The van der Waals surface area contributed by atoms with Crippen LogP contribution in [0.15, 0.2) is 0 Å². The third-order valence-electron chi connectivity index (χ3n) is 0.882. The van der Waals surface area contributed by atoms with Crippen LogP contribution >= 0.6 is 0 Å². The summed E-state index contributed by atoms with van der Waals surface area (Å²) in [6.07, 6.45) is 3.43. The quantitative estimate of drug-likeness (QED) is 0.419. The highest BCUT2D eigenvalue weighted by Crippen LogP contribution is 1.89. The van der Waals surface area contributed by atoms with Gasteiger partial charge in [0.1, 0.15) is 0 Å². The van der Waals surface area contributed by atoms with Crippen molar-refractivity contribution in [1.29, 1.82) is 0 Å². The summed E-state index contributed by atoms with van der Waals surface area (Å²) in [7, 11) is 0. The van der Waals surface area contributed by atoms with Crippen LogP contribution in [-0.2, 0) is 0 Å². The molecule has 2 N–H and O–H groups in total. The lowest BCUT2D eigenvalue weighted by Crippen LogP contribution is -1.92. The topological polar surface area (TPSA) is 26.0 Å². The lowest BCUT2D eigenvalue weighted by atomic mass is 10.2. The first-order valence-electron chi connectivity index (χ1n) is 3.07. The summed E-state index contributed by atoms with van der Waals surface area (Å²) < 4.78 is 0. The minimum absolute atomic E-state index is 0.504. The van der Waals surface area contributed by atoms with Crippen molar-refractivity contribution in [1.82, 2.24) is 0 Å². The van der Waals surface area contributed by atoms with Crippen molar-refractivity contribution in [3.63, 3.8) is 0 Å². The second kappa shape index (κ2) is 6.52. The Bertz CT molecular complexity index is 86.3. The Balaban J connectivity index is 2.90. The van der Waals surface area contributed by atoms with E-state index >= 15 is 0 Å². The van der Waals surface area contributed by atoms with E-state index in [2.05, 4.69) is 18.8 Å². The van der Waals surface area contributed by atoms with Crippen LogP contribution in [0.25, 0.3) is 0 Å². The predicted octanol–water partition coefficient (Wildman–Crippen LogP) is 1.14. The van der Waals surface area contributed by atoms with Crippen molar-refractivity contribution in [2.45, 2.75) is 26.2 Å². The van der Waals surface area contributed by atoms with Crippen molar-refractivity contribution in [2.75, 3.05) is 6.54 Å². The van der Waals surface area contributed by atoms with E-state index in [9.17, 15) is 0 Å². The summed E-state index contributed by atoms with van der Waals surface area (Å²) in [5, 5.41) is 0. The summed E-state index contributed by atoms with van der Waals surface area (Å²) in [5.41, 5.74) is 5.14. The van der Waals surface area contributed by atoms with Gasteiger partial charge in [0.25, 0.3) is 0 Å². The summed E-state index contributed by atoms with van der Waals surface area (Å²) >= 11 is 0. The minimum Gasteiger partial charge on any atom is -0.320 e. The van der Waals surface area contributed by atoms with Crippen LogP contribution in [0.4, 0.5) is 0 Å². The van der Waals surface area contributed by atoms with E-state index in [1.807, 2.05) is 0 Å². The molecule has 46 valence electrons. The number of unbranched alkanes of at least 4 members (excludes halogenated alkanes) is 2. The molecule has 0 unspecified atom stereocenters. The number of nitrogens with two attached hydrogens (primary N) is 1. The first-order valence-corrected chi connectivity index (χ1v) is 3.07. The molecule has 0 aliphatic heterocycles. The van der Waals surface area contributed by atoms with Crippen molar-refractivity contribution in [2.24, 2.45) is 5.73 Å². The van der Waals surface area contributed by atoms with Crippen LogP contribution in [0.2, 0.25) is 0 Å². The van der Waals surface area contributed by atoms with E-state index in [-0.39, 0.29) is 0 Å². The molecule has 0 rings (SSSR count). The third kappa shape index (κ3) is 5.52. The molecule has 0 aliphatic rings. The van der Waals surface area contributed by atoms with Crippen molar-refractivity contribution < 1.29 is 0 Å². The molecule has 0 aliphatic carbocycles. The van der Waals surface area contributed by atoms with Gasteiger partial charge < -0.3 is 5.73 Å². The minimum atomic E-state index is 0.504. The molecule has 1 nitrogen and oxygen atoms in total. The highest BCUT2D eigenvalue weighted by atomic mass is 14.5. The van der Waals surface area contributed by atoms with Crippen LogP contribution in [0, 0.1) is 11.8 Å². The molecule has 0 radical (unpaired) electrons. The molecule has 1 heteroatoms. The first-order chi connectivity index (χ1) is 3.91. The summed E-state index contributed by atoms with van der Waals surface area (Å²) in [4.78, 5) is 0. The van der Waals surface area contributed by atoms with Gasteiger partial charge in [0.2, 0.25) is 0 Å². The number of rotatable bonds is 2. The molecule has 0 aromatic carbocycles. The molecule has 0 saturated carbocycles. The Morgan fingerprint density at radius 1 is 1.38 bits per heavy atom. The Morgan fingerprint density at radius 2 is 2.12 bits per heavy atom. The molecule has 0 saturated heterocycles. The molecular weight excluding hydrogens is 98.1 g/mol. The van der Waals surface area contributed by atoms with Gasteiger partial charge in [-0.05, 0) is 6.42 Å². The maximum absolute atomic E-state index is 5.14. The molecule has 0 aromatic rings. The molecule has 0 heterocycles. The van der Waals surface area contributed by atoms with Crippen LogP contribution < -0.4 is 5.73 Å². The highest BCUT2D eigenvalue weighted by molar-refractivity contribution is 4.99. The summed E-state index contributed by atoms with van der Waals surface area (Å²) in [5.74, 6) is 5.77. The van der Waals surface area contributed by atoms with Crippen molar-refractivity contribution in [3.8, 4) is 11.8 Å². The van der Waals surface area contributed by atoms with Crippen molar-refractivity contribution in [3.05, 3.63) is 0 Å². The molecule has 0 fully saturated rings. The van der Waals surface area contributed by atoms with Gasteiger partial charge in [0.05, 0.1) is 6.54 Å². The van der Waals surface area contributed by atoms with Crippen LogP contribution in [0.5, 0.6) is 0 Å². The monoisotopic (exact) mass is 111 g/mol. The van der Waals surface area contributed by atoms with Gasteiger partial charge in [-0.2, -0.15) is 0 Å². The van der Waals surface area contributed by atoms with E-state index < -0.39 is 0 Å². The fourth-order valence-corrected chi connectivity index (χ4v) is 0.426. The van der Waals surface area contributed by atoms with Gasteiger partial charge in [-0.3, -0.25) is 0 Å². The first kappa shape index (κ1) is 7.52. The van der Waals surface area contributed by atoms with E-state index in [1.165, 1.54) is 12.8 Å². The lowest BCUT2D eigenvalue weighted by Gasteiger charge is -1.81. The Labute approximate surface area is 51.3 Å². The van der Waals surface area contributed by atoms with Gasteiger partial charge >= 0.3 is 0 Å². The second-order valence-corrected chi connectivity index (χ2v) is 1.66. The fourth-order valence-electron chi connectivity index (χ4n) is 0.426. The molecule has 0 bridgehead atoms. The van der Waals surface area contributed by atoms with Gasteiger partial charge in [-0.1, -0.05) is 19.3 Å². The zero-order valence-electron chi connectivity index (χ0n) is 5.41. The summed E-state index contributed by atoms with van der Waals surface area (Å²) in [6, 6.07) is 0. The maximum Gasteiger partial charge on any atom is 0.0551 e. The molecule has 0 atom stereocenters. The van der Waals surface area contributed by atoms with E-state index in [4.69, 9.17) is 5.73 Å². The highest BCUT2D eigenvalue weighted by Gasteiger charge is 1.73. The molecule has 8 heavy (non-hydrogen) atoms. The van der Waals surface area contributed by atoms with Crippen LogP contribution in [0.1, 0.15) is 26.2 Å². The van der Waals surface area contributed by atoms with E-state index in [0.29, 0.717) is 6.54 Å². The van der Waals surface area contributed by atoms with Gasteiger partial charge in [0.15, 0.2) is 0 Å². The largest absolute Gasteiger partial charge is 0.320 e. The summed E-state index contributed by atoms with van der Waals surface area (Å²) in [6.45, 7) is 2.66. The number of hydrogen-bond acceptors (Lipinski definition) is 1. The average molecular weight is 111 g/mol. The molecule has 0 spiro atoms. The second-order valence-electron chi connectivity index (χ2n) is 1.66. The molecular formula is C7H13N. The third-order valence-corrected chi connectivity index (χ3v) is 0.882. The zero-order valence-corrected chi connectivity index (χ0v) is 5.41. The fraction of sp³-hybridized carbons (Fsp3) is 0.714. The molecule has 0 amide bonds. The lowest BCUT2D eigenvalue weighted by molar-refractivity contribution is 0.827. The normalized spacial score (nSPS) is 7.75. The van der Waals surface area contributed by atoms with Gasteiger partial charge in [0, 0.05) is 6.42 Å². The Kier molecular flexibility index (Phi) is 6.13. The van der Waals surface area contributed by atoms with Gasteiger partial charge in [-0.15, -0.1) is 5.92 Å². The smallest absolute Gasteiger partial charge is 0.0551 e. The number of hydrogen-bond donors (Lipinski definition) is 1. The SMILES string of the molecule is CCCCC#CCN. The van der Waals surface area contributed by atoms with E-state index in [1.54, 1.807) is 0 Å². The van der Waals surface area contributed by atoms with Gasteiger partial charge in [-0.25, -0.2) is 0 Å². The van der Waals surface area contributed by atoms with Crippen LogP contribution in [-0.4, -0.2) is 6.54 Å².